The van der Waals surface area contributed by atoms with Gasteiger partial charge in [0.25, 0.3) is 0 Å². The van der Waals surface area contributed by atoms with Crippen LogP contribution in [0.1, 0.15) is 54.0 Å². The van der Waals surface area contributed by atoms with Gasteiger partial charge in [0.2, 0.25) is 11.8 Å². The lowest BCUT2D eigenvalue weighted by Crippen LogP contribution is -2.31. The fraction of sp³-hybridized carbons (Fsp3) is 0.370. The van der Waals surface area contributed by atoms with Crippen molar-refractivity contribution in [2.75, 3.05) is 25.0 Å². The molecule has 0 aliphatic carbocycles. The first-order chi connectivity index (χ1) is 19.3. The molecule has 0 bridgehead atoms. The van der Waals surface area contributed by atoms with Gasteiger partial charge in [0, 0.05) is 44.6 Å². The monoisotopic (exact) mass is 542 g/mol. The van der Waals surface area contributed by atoms with Gasteiger partial charge in [-0.1, -0.05) is 12.1 Å². The largest absolute Gasteiger partial charge is 0.415 e. The number of carbonyl (C=O) groups excluding carboxylic acids is 1. The molecule has 13 heteroatoms. The number of fused-ring (bicyclic) bond motifs is 1. The summed E-state index contributed by atoms with van der Waals surface area (Å²) in [5, 5.41) is 37.0. The van der Waals surface area contributed by atoms with Crippen LogP contribution >= 0.6 is 0 Å². The van der Waals surface area contributed by atoms with Crippen LogP contribution in [0, 0.1) is 11.3 Å². The number of rotatable bonds is 8. The summed E-state index contributed by atoms with van der Waals surface area (Å²) in [4.78, 5) is 24.2. The van der Waals surface area contributed by atoms with E-state index < -0.39 is 11.3 Å². The number of hydrogen-bond acceptors (Lipinski definition) is 11. The average Bonchev–Trinajstić information content (AvgIpc) is 3.57. The number of aromatic nitrogens is 6. The SMILES string of the molecule is Cn1cc(Nc2nccc(-c3ccc4c(c3)CN(CCO)CCC4NC(=O)c3nnc(C(C)(C)C#N)o3)n2)cn1. The highest BCUT2D eigenvalue weighted by Gasteiger charge is 2.30. The van der Waals surface area contributed by atoms with Crippen LogP contribution in [-0.2, 0) is 19.0 Å². The Morgan fingerprint density at radius 1 is 1.30 bits per heavy atom. The van der Waals surface area contributed by atoms with Crippen molar-refractivity contribution in [1.82, 2.24) is 40.2 Å². The summed E-state index contributed by atoms with van der Waals surface area (Å²) < 4.78 is 7.22. The number of β-amino-alcohol motifs (C(OH)–C–C–N with tert-alkyl or cyclic N) is 1. The maximum atomic E-state index is 13.1. The molecule has 0 fully saturated rings. The third-order valence-electron chi connectivity index (χ3n) is 6.71. The van der Waals surface area contributed by atoms with Gasteiger partial charge >= 0.3 is 11.8 Å². The predicted octanol–water partition coefficient (Wildman–Crippen LogP) is 2.47. The van der Waals surface area contributed by atoms with Crippen molar-refractivity contribution in [1.29, 1.82) is 5.26 Å². The van der Waals surface area contributed by atoms with Gasteiger partial charge in [-0.15, -0.1) is 10.2 Å². The zero-order valence-corrected chi connectivity index (χ0v) is 22.5. The number of nitrogens with zero attached hydrogens (tertiary/aromatic N) is 8. The topological polar surface area (TPSA) is 171 Å². The third kappa shape index (κ3) is 5.83. The van der Waals surface area contributed by atoms with Crippen molar-refractivity contribution in [3.63, 3.8) is 0 Å². The molecule has 1 atom stereocenters. The van der Waals surface area contributed by atoms with Crippen LogP contribution in [0.4, 0.5) is 11.6 Å². The molecule has 1 amide bonds. The highest BCUT2D eigenvalue weighted by Crippen LogP contribution is 2.31. The summed E-state index contributed by atoms with van der Waals surface area (Å²) in [6.45, 7) is 5.09. The second-order valence-electron chi connectivity index (χ2n) is 10.2. The minimum Gasteiger partial charge on any atom is -0.415 e. The zero-order valence-electron chi connectivity index (χ0n) is 22.5. The standard InChI is InChI=1S/C27H30N10O3/c1-27(2,16-28)25-35-34-24(40-25)23(39)32-22-7-9-37(10-11-38)14-18-12-17(4-5-20(18)22)21-6-8-29-26(33-21)31-19-13-30-36(3)15-19/h4-6,8,12-13,15,22,38H,7,9-11,14H2,1-3H3,(H,32,39)(H,29,31,33). The normalized spacial score (nSPS) is 15.6. The molecule has 3 aromatic heterocycles. The molecule has 1 unspecified atom stereocenters. The first kappa shape index (κ1) is 26.9. The summed E-state index contributed by atoms with van der Waals surface area (Å²) >= 11 is 0. The number of nitriles is 1. The van der Waals surface area contributed by atoms with Crippen LogP contribution in [-0.4, -0.2) is 65.6 Å². The lowest BCUT2D eigenvalue weighted by molar-refractivity contribution is 0.0894. The number of benzene rings is 1. The predicted molar refractivity (Wildman–Crippen MR) is 144 cm³/mol. The van der Waals surface area contributed by atoms with Crippen molar-refractivity contribution >= 4 is 17.5 Å². The number of aryl methyl sites for hydroxylation is 1. The highest BCUT2D eigenvalue weighted by molar-refractivity contribution is 5.89. The van der Waals surface area contributed by atoms with Gasteiger partial charge in [-0.3, -0.25) is 14.4 Å². The van der Waals surface area contributed by atoms with E-state index in [-0.39, 0.29) is 24.4 Å². The number of anilines is 2. The van der Waals surface area contributed by atoms with E-state index >= 15 is 0 Å². The molecule has 0 saturated carbocycles. The summed E-state index contributed by atoms with van der Waals surface area (Å²) in [5.41, 5.74) is 3.37. The van der Waals surface area contributed by atoms with Gasteiger partial charge in [0.05, 0.1) is 36.3 Å². The van der Waals surface area contributed by atoms with Gasteiger partial charge in [-0.05, 0) is 43.5 Å². The van der Waals surface area contributed by atoms with Crippen molar-refractivity contribution in [2.24, 2.45) is 7.05 Å². The van der Waals surface area contributed by atoms with E-state index in [1.165, 1.54) is 0 Å². The first-order valence-electron chi connectivity index (χ1n) is 12.9. The molecule has 40 heavy (non-hydrogen) atoms. The van der Waals surface area contributed by atoms with Crippen LogP contribution in [0.25, 0.3) is 11.3 Å². The Balaban J connectivity index is 1.41. The minimum atomic E-state index is -1.00. The van der Waals surface area contributed by atoms with Crippen LogP contribution in [0.2, 0.25) is 0 Å². The maximum Gasteiger partial charge on any atom is 0.309 e. The molecule has 5 rings (SSSR count). The number of carbonyl (C=O) groups is 1. The molecule has 1 aromatic carbocycles. The summed E-state index contributed by atoms with van der Waals surface area (Å²) in [7, 11) is 1.84. The Morgan fingerprint density at radius 3 is 2.90 bits per heavy atom. The van der Waals surface area contributed by atoms with E-state index in [0.29, 0.717) is 32.0 Å². The molecule has 0 spiro atoms. The first-order valence-corrected chi connectivity index (χ1v) is 12.9. The van der Waals surface area contributed by atoms with E-state index in [1.807, 2.05) is 31.4 Å². The molecule has 0 saturated heterocycles. The van der Waals surface area contributed by atoms with E-state index in [0.717, 1.165) is 28.1 Å². The summed E-state index contributed by atoms with van der Waals surface area (Å²) in [5.74, 6) is -0.166. The van der Waals surface area contributed by atoms with Crippen LogP contribution < -0.4 is 10.6 Å². The molecule has 0 radical (unpaired) electrons. The highest BCUT2D eigenvalue weighted by atomic mass is 16.4. The Kier molecular flexibility index (Phi) is 7.54. The molecular formula is C27H30N10O3. The van der Waals surface area contributed by atoms with Gasteiger partial charge in [-0.25, -0.2) is 9.97 Å². The van der Waals surface area contributed by atoms with Crippen molar-refractivity contribution in [3.8, 4) is 17.3 Å². The molecule has 4 aromatic rings. The number of aliphatic hydroxyl groups excluding tert-OH is 1. The van der Waals surface area contributed by atoms with Crippen LogP contribution in [0.3, 0.4) is 0 Å². The van der Waals surface area contributed by atoms with E-state index in [4.69, 9.17) is 4.42 Å². The second-order valence-corrected chi connectivity index (χ2v) is 10.2. The minimum absolute atomic E-state index is 0.0285. The zero-order chi connectivity index (χ0) is 28.3. The number of aliphatic hydroxyl groups is 1. The Bertz CT molecular complexity index is 1550. The third-order valence-corrected chi connectivity index (χ3v) is 6.71. The lowest BCUT2D eigenvalue weighted by Gasteiger charge is -2.19. The van der Waals surface area contributed by atoms with Crippen molar-refractivity contribution < 1.29 is 14.3 Å². The van der Waals surface area contributed by atoms with Crippen molar-refractivity contribution in [2.45, 2.75) is 38.3 Å². The lowest BCUT2D eigenvalue weighted by atomic mass is 9.96. The van der Waals surface area contributed by atoms with Crippen LogP contribution in [0.5, 0.6) is 0 Å². The van der Waals surface area contributed by atoms with E-state index in [9.17, 15) is 15.2 Å². The number of hydrogen-bond donors (Lipinski definition) is 3. The molecule has 206 valence electrons. The summed E-state index contributed by atoms with van der Waals surface area (Å²) in [6, 6.07) is 9.63. The van der Waals surface area contributed by atoms with Gasteiger partial charge in [0.15, 0.2) is 0 Å². The molecule has 1 aliphatic rings. The fourth-order valence-corrected chi connectivity index (χ4v) is 4.54. The number of nitrogens with one attached hydrogen (secondary N) is 2. The van der Waals surface area contributed by atoms with Crippen LogP contribution in [0.15, 0.2) is 47.3 Å². The Morgan fingerprint density at radius 2 is 2.15 bits per heavy atom. The average molecular weight is 543 g/mol. The van der Waals surface area contributed by atoms with E-state index in [2.05, 4.69) is 52.9 Å². The molecule has 3 N–H and O–H groups in total. The summed E-state index contributed by atoms with van der Waals surface area (Å²) in [6.07, 6.45) is 5.85. The van der Waals surface area contributed by atoms with E-state index in [1.54, 1.807) is 30.9 Å². The van der Waals surface area contributed by atoms with Gasteiger partial charge in [0.1, 0.15) is 5.41 Å². The molecule has 13 nitrogen and oxygen atoms in total. The van der Waals surface area contributed by atoms with Gasteiger partial charge < -0.3 is 20.2 Å². The quantitative estimate of drug-likeness (QED) is 0.299. The second kappa shape index (κ2) is 11.2. The molecular weight excluding hydrogens is 512 g/mol. The molecule has 4 heterocycles. The maximum absolute atomic E-state index is 13.1. The van der Waals surface area contributed by atoms with Gasteiger partial charge in [-0.2, -0.15) is 10.4 Å². The Labute approximate surface area is 230 Å². The molecule has 1 aliphatic heterocycles. The smallest absolute Gasteiger partial charge is 0.309 e. The fourth-order valence-electron chi connectivity index (χ4n) is 4.54. The Hall–Kier alpha value is -4.67. The van der Waals surface area contributed by atoms with Crippen molar-refractivity contribution in [3.05, 3.63) is 65.8 Å². The number of amides is 1.